The Labute approximate surface area is 116 Å². The van der Waals surface area contributed by atoms with E-state index in [1.165, 1.54) is 11.1 Å². The van der Waals surface area contributed by atoms with Crippen LogP contribution in [0.25, 0.3) is 0 Å². The SMILES string of the molecule is CCc1ccc(CCC(=O)N2CCCNCC2)cc1. The van der Waals surface area contributed by atoms with E-state index in [1.54, 1.807) is 0 Å². The highest BCUT2D eigenvalue weighted by molar-refractivity contribution is 5.76. The number of carbonyl (C=O) groups excluding carboxylic acids is 1. The molecular weight excluding hydrogens is 236 g/mol. The van der Waals surface area contributed by atoms with Crippen LogP contribution < -0.4 is 5.32 Å². The second-order valence-electron chi connectivity index (χ2n) is 5.15. The fraction of sp³-hybridized carbons (Fsp3) is 0.562. The molecule has 3 nitrogen and oxygen atoms in total. The molecule has 0 aromatic heterocycles. The molecule has 1 fully saturated rings. The molecule has 19 heavy (non-hydrogen) atoms. The second-order valence-corrected chi connectivity index (χ2v) is 5.15. The van der Waals surface area contributed by atoms with Crippen molar-refractivity contribution in [1.29, 1.82) is 0 Å². The average Bonchev–Trinajstić information content (AvgIpc) is 2.74. The average molecular weight is 260 g/mol. The van der Waals surface area contributed by atoms with Crippen molar-refractivity contribution in [3.05, 3.63) is 35.4 Å². The summed E-state index contributed by atoms with van der Waals surface area (Å²) in [4.78, 5) is 14.1. The first kappa shape index (κ1) is 14.1. The van der Waals surface area contributed by atoms with Gasteiger partial charge >= 0.3 is 0 Å². The van der Waals surface area contributed by atoms with Crippen LogP contribution in [0.3, 0.4) is 0 Å². The third-order valence-electron chi connectivity index (χ3n) is 3.75. The molecule has 2 rings (SSSR count). The van der Waals surface area contributed by atoms with E-state index in [0.29, 0.717) is 12.3 Å². The van der Waals surface area contributed by atoms with Crippen molar-refractivity contribution in [1.82, 2.24) is 10.2 Å². The highest BCUT2D eigenvalue weighted by Gasteiger charge is 2.14. The minimum atomic E-state index is 0.295. The van der Waals surface area contributed by atoms with Crippen LogP contribution in [-0.4, -0.2) is 37.0 Å². The molecule has 0 saturated carbocycles. The second kappa shape index (κ2) is 7.29. The van der Waals surface area contributed by atoms with E-state index in [9.17, 15) is 4.79 Å². The highest BCUT2D eigenvalue weighted by atomic mass is 16.2. The lowest BCUT2D eigenvalue weighted by Gasteiger charge is -2.19. The van der Waals surface area contributed by atoms with Crippen LogP contribution in [0, 0.1) is 0 Å². The van der Waals surface area contributed by atoms with Gasteiger partial charge in [0.25, 0.3) is 0 Å². The van der Waals surface area contributed by atoms with E-state index in [4.69, 9.17) is 0 Å². The maximum absolute atomic E-state index is 12.1. The van der Waals surface area contributed by atoms with Gasteiger partial charge < -0.3 is 10.2 Å². The maximum Gasteiger partial charge on any atom is 0.222 e. The zero-order valence-electron chi connectivity index (χ0n) is 11.8. The van der Waals surface area contributed by atoms with Crippen LogP contribution >= 0.6 is 0 Å². The zero-order chi connectivity index (χ0) is 13.5. The maximum atomic E-state index is 12.1. The van der Waals surface area contributed by atoms with Gasteiger partial charge in [0.05, 0.1) is 0 Å². The number of nitrogens with zero attached hydrogens (tertiary/aromatic N) is 1. The Morgan fingerprint density at radius 2 is 1.89 bits per heavy atom. The lowest BCUT2D eigenvalue weighted by Crippen LogP contribution is -2.34. The number of hydrogen-bond donors (Lipinski definition) is 1. The summed E-state index contributed by atoms with van der Waals surface area (Å²) in [7, 11) is 0. The molecule has 1 N–H and O–H groups in total. The Bertz CT molecular complexity index is 392. The summed E-state index contributed by atoms with van der Waals surface area (Å²) in [5.41, 5.74) is 2.62. The third-order valence-corrected chi connectivity index (χ3v) is 3.75. The monoisotopic (exact) mass is 260 g/mol. The number of benzene rings is 1. The van der Waals surface area contributed by atoms with Gasteiger partial charge in [-0.05, 0) is 36.9 Å². The quantitative estimate of drug-likeness (QED) is 0.898. The van der Waals surface area contributed by atoms with Crippen LogP contribution in [0.2, 0.25) is 0 Å². The molecule has 1 aliphatic rings. The first-order valence-corrected chi connectivity index (χ1v) is 7.36. The first-order valence-electron chi connectivity index (χ1n) is 7.36. The molecule has 1 aromatic carbocycles. The molecule has 3 heteroatoms. The van der Waals surface area contributed by atoms with Gasteiger partial charge in [0.1, 0.15) is 0 Å². The summed E-state index contributed by atoms with van der Waals surface area (Å²) < 4.78 is 0. The minimum Gasteiger partial charge on any atom is -0.341 e. The molecule has 1 heterocycles. The van der Waals surface area contributed by atoms with Crippen LogP contribution in [0.1, 0.15) is 30.9 Å². The van der Waals surface area contributed by atoms with Crippen molar-refractivity contribution < 1.29 is 4.79 Å². The Hall–Kier alpha value is -1.35. The molecule has 0 atom stereocenters. The van der Waals surface area contributed by atoms with E-state index >= 15 is 0 Å². The summed E-state index contributed by atoms with van der Waals surface area (Å²) in [5.74, 6) is 0.295. The van der Waals surface area contributed by atoms with Gasteiger partial charge in [0.2, 0.25) is 5.91 Å². The predicted molar refractivity (Wildman–Crippen MR) is 78.2 cm³/mol. The summed E-state index contributed by atoms with van der Waals surface area (Å²) in [6.07, 6.45) is 3.62. The van der Waals surface area contributed by atoms with Crippen molar-refractivity contribution in [3.8, 4) is 0 Å². The Balaban J connectivity index is 1.81. The molecule has 0 radical (unpaired) electrons. The van der Waals surface area contributed by atoms with E-state index in [1.807, 2.05) is 4.90 Å². The summed E-state index contributed by atoms with van der Waals surface area (Å²) in [6.45, 7) is 5.87. The minimum absolute atomic E-state index is 0.295. The molecule has 0 spiro atoms. The molecule has 0 bridgehead atoms. The van der Waals surface area contributed by atoms with Gasteiger partial charge in [-0.3, -0.25) is 4.79 Å². The largest absolute Gasteiger partial charge is 0.341 e. The smallest absolute Gasteiger partial charge is 0.222 e. The lowest BCUT2D eigenvalue weighted by molar-refractivity contribution is -0.130. The topological polar surface area (TPSA) is 32.3 Å². The Kier molecular flexibility index (Phi) is 5.40. The Morgan fingerprint density at radius 1 is 1.16 bits per heavy atom. The number of amides is 1. The van der Waals surface area contributed by atoms with Crippen molar-refractivity contribution in [2.24, 2.45) is 0 Å². The third kappa shape index (κ3) is 4.35. The van der Waals surface area contributed by atoms with E-state index in [-0.39, 0.29) is 0 Å². The summed E-state index contributed by atoms with van der Waals surface area (Å²) in [6, 6.07) is 8.62. The number of nitrogens with one attached hydrogen (secondary N) is 1. The molecule has 104 valence electrons. The van der Waals surface area contributed by atoms with Gasteiger partial charge in [0, 0.05) is 26.1 Å². The van der Waals surface area contributed by atoms with Crippen LogP contribution in [0.5, 0.6) is 0 Å². The normalized spacial score (nSPS) is 16.2. The van der Waals surface area contributed by atoms with Crippen molar-refractivity contribution >= 4 is 5.91 Å². The fourth-order valence-corrected chi connectivity index (χ4v) is 2.45. The molecule has 1 aliphatic heterocycles. The lowest BCUT2D eigenvalue weighted by atomic mass is 10.1. The molecule has 1 aromatic rings. The van der Waals surface area contributed by atoms with Gasteiger partial charge in [-0.2, -0.15) is 0 Å². The number of carbonyl (C=O) groups is 1. The van der Waals surface area contributed by atoms with Gasteiger partial charge in [-0.25, -0.2) is 0 Å². The van der Waals surface area contributed by atoms with E-state index in [2.05, 4.69) is 36.5 Å². The van der Waals surface area contributed by atoms with E-state index in [0.717, 1.165) is 45.4 Å². The molecule has 1 saturated heterocycles. The van der Waals surface area contributed by atoms with Crippen molar-refractivity contribution in [3.63, 3.8) is 0 Å². The van der Waals surface area contributed by atoms with E-state index < -0.39 is 0 Å². The molecular formula is C16H24N2O. The van der Waals surface area contributed by atoms with Crippen LogP contribution in [0.4, 0.5) is 0 Å². The fourth-order valence-electron chi connectivity index (χ4n) is 2.45. The first-order chi connectivity index (χ1) is 9.29. The van der Waals surface area contributed by atoms with Gasteiger partial charge in [-0.1, -0.05) is 31.2 Å². The summed E-state index contributed by atoms with van der Waals surface area (Å²) in [5, 5.41) is 3.32. The van der Waals surface area contributed by atoms with Crippen LogP contribution in [-0.2, 0) is 17.6 Å². The Morgan fingerprint density at radius 3 is 2.63 bits per heavy atom. The molecule has 0 unspecified atom stereocenters. The zero-order valence-corrected chi connectivity index (χ0v) is 11.8. The molecule has 0 aliphatic carbocycles. The molecule has 1 amide bonds. The number of rotatable bonds is 4. The predicted octanol–water partition coefficient (Wildman–Crippen LogP) is 2.00. The van der Waals surface area contributed by atoms with Gasteiger partial charge in [0.15, 0.2) is 0 Å². The van der Waals surface area contributed by atoms with Gasteiger partial charge in [-0.15, -0.1) is 0 Å². The number of hydrogen-bond acceptors (Lipinski definition) is 2. The number of aryl methyl sites for hydroxylation is 2. The van der Waals surface area contributed by atoms with Crippen molar-refractivity contribution in [2.75, 3.05) is 26.2 Å². The summed E-state index contributed by atoms with van der Waals surface area (Å²) >= 11 is 0. The highest BCUT2D eigenvalue weighted by Crippen LogP contribution is 2.09. The van der Waals surface area contributed by atoms with Crippen molar-refractivity contribution in [2.45, 2.75) is 32.6 Å². The standard InChI is InChI=1S/C16H24N2O/c1-2-14-4-6-15(7-5-14)8-9-16(19)18-12-3-10-17-11-13-18/h4-7,17H,2-3,8-13H2,1H3. The van der Waals surface area contributed by atoms with Crippen LogP contribution in [0.15, 0.2) is 24.3 Å².